The molecule has 0 saturated carbocycles. The van der Waals surface area contributed by atoms with Crippen molar-refractivity contribution in [1.82, 2.24) is 14.5 Å². The molecular weight excluding hydrogens is 404 g/mol. The van der Waals surface area contributed by atoms with E-state index in [0.717, 1.165) is 45.3 Å². The molecule has 2 heterocycles. The van der Waals surface area contributed by atoms with Gasteiger partial charge in [0.2, 0.25) is 5.88 Å². The lowest BCUT2D eigenvalue weighted by Gasteiger charge is -2.30. The number of hydrogen-bond acceptors (Lipinski definition) is 5. The van der Waals surface area contributed by atoms with Crippen LogP contribution in [-0.4, -0.2) is 44.9 Å². The Kier molecular flexibility index (Phi) is 7.37. The number of piperidine rings is 1. The fourth-order valence-corrected chi connectivity index (χ4v) is 4.53. The first-order valence-electron chi connectivity index (χ1n) is 11.6. The minimum Gasteiger partial charge on any atom is -0.494 e. The van der Waals surface area contributed by atoms with Crippen LogP contribution in [0.3, 0.4) is 0 Å². The van der Waals surface area contributed by atoms with Crippen LogP contribution >= 0.6 is 0 Å². The van der Waals surface area contributed by atoms with Gasteiger partial charge in [0.05, 0.1) is 6.04 Å². The summed E-state index contributed by atoms with van der Waals surface area (Å²) in [6.45, 7) is 3.16. The Morgan fingerprint density at radius 1 is 1.12 bits per heavy atom. The van der Waals surface area contributed by atoms with Crippen LogP contribution in [0.5, 0.6) is 5.88 Å². The van der Waals surface area contributed by atoms with E-state index in [0.29, 0.717) is 13.0 Å². The molecule has 0 atom stereocenters. The first-order valence-corrected chi connectivity index (χ1v) is 11.6. The number of H-pyrrole nitrogens is 1. The van der Waals surface area contributed by atoms with Crippen LogP contribution in [0, 0.1) is 0 Å². The number of aromatic nitrogens is 2. The van der Waals surface area contributed by atoms with E-state index >= 15 is 0 Å². The predicted octanol–water partition coefficient (Wildman–Crippen LogP) is 3.22. The molecule has 2 aliphatic rings. The summed E-state index contributed by atoms with van der Waals surface area (Å²) in [4.78, 5) is 33.9. The standard InChI is InChI=1S/C25H32N4O3/c30-23-22(24(31)29(25(32)27-23)16-11-19-7-3-1-4-8-19)17-26-21-12-14-28(15-13-21)18-20-9-5-2-6-10-20/h2,5-7,9-10,17,21,31H,1,3-4,8,11-16,18H2,(H,27,30,32). The molecule has 32 heavy (non-hydrogen) atoms. The molecule has 1 aliphatic carbocycles. The maximum absolute atomic E-state index is 12.3. The van der Waals surface area contributed by atoms with Crippen molar-refractivity contribution in [2.75, 3.05) is 13.1 Å². The highest BCUT2D eigenvalue weighted by atomic mass is 16.3. The largest absolute Gasteiger partial charge is 0.494 e. The Balaban J connectivity index is 1.38. The van der Waals surface area contributed by atoms with Gasteiger partial charge in [-0.05, 0) is 50.5 Å². The Labute approximate surface area is 188 Å². The van der Waals surface area contributed by atoms with Gasteiger partial charge in [0.1, 0.15) is 5.56 Å². The Hall–Kier alpha value is -2.93. The smallest absolute Gasteiger partial charge is 0.331 e. The molecule has 1 saturated heterocycles. The minimum atomic E-state index is -0.592. The lowest BCUT2D eigenvalue weighted by atomic mass is 9.97. The number of aliphatic imine (C=N–C) groups is 1. The summed E-state index contributed by atoms with van der Waals surface area (Å²) in [5.41, 5.74) is 1.51. The quantitative estimate of drug-likeness (QED) is 0.515. The van der Waals surface area contributed by atoms with E-state index in [-0.39, 0.29) is 17.5 Å². The zero-order valence-corrected chi connectivity index (χ0v) is 18.5. The summed E-state index contributed by atoms with van der Waals surface area (Å²) in [6, 6.07) is 10.5. The van der Waals surface area contributed by atoms with Gasteiger partial charge in [0, 0.05) is 32.4 Å². The van der Waals surface area contributed by atoms with Crippen LogP contribution in [0.4, 0.5) is 0 Å². The van der Waals surface area contributed by atoms with E-state index in [2.05, 4.69) is 45.2 Å². The number of aromatic hydroxyl groups is 1. The third-order valence-corrected chi connectivity index (χ3v) is 6.47. The van der Waals surface area contributed by atoms with Crippen LogP contribution in [0.1, 0.15) is 56.1 Å². The number of benzene rings is 1. The van der Waals surface area contributed by atoms with Gasteiger partial charge in [-0.3, -0.25) is 24.2 Å². The summed E-state index contributed by atoms with van der Waals surface area (Å²) in [6.07, 6.45) is 10.7. The number of rotatable bonds is 7. The van der Waals surface area contributed by atoms with Crippen molar-refractivity contribution < 1.29 is 5.11 Å². The Morgan fingerprint density at radius 2 is 1.91 bits per heavy atom. The molecule has 1 fully saturated rings. The number of hydrogen-bond donors (Lipinski definition) is 2. The highest BCUT2D eigenvalue weighted by Gasteiger charge is 2.19. The maximum Gasteiger partial charge on any atom is 0.331 e. The zero-order valence-electron chi connectivity index (χ0n) is 18.5. The van der Waals surface area contributed by atoms with Crippen LogP contribution < -0.4 is 11.2 Å². The molecule has 2 aromatic rings. The molecule has 7 nitrogen and oxygen atoms in total. The predicted molar refractivity (Wildman–Crippen MR) is 126 cm³/mol. The second-order valence-corrected chi connectivity index (χ2v) is 8.78. The van der Waals surface area contributed by atoms with Crippen molar-refractivity contribution in [2.45, 2.75) is 64.1 Å². The van der Waals surface area contributed by atoms with Gasteiger partial charge in [0.15, 0.2) is 0 Å². The summed E-state index contributed by atoms with van der Waals surface area (Å²) in [7, 11) is 0. The molecule has 1 aliphatic heterocycles. The van der Waals surface area contributed by atoms with Gasteiger partial charge in [0.25, 0.3) is 5.56 Å². The first kappa shape index (κ1) is 22.3. The highest BCUT2D eigenvalue weighted by Crippen LogP contribution is 2.21. The topological polar surface area (TPSA) is 90.7 Å². The number of likely N-dealkylation sites (tertiary alicyclic amines) is 1. The number of nitrogens with one attached hydrogen (secondary N) is 1. The normalized spacial score (nSPS) is 18.2. The minimum absolute atomic E-state index is 0.0638. The lowest BCUT2D eigenvalue weighted by Crippen LogP contribution is -2.35. The molecule has 0 unspecified atom stereocenters. The molecule has 1 aromatic carbocycles. The average Bonchev–Trinajstić information content (AvgIpc) is 2.81. The maximum atomic E-state index is 12.3. The van der Waals surface area contributed by atoms with Crippen LogP contribution in [0.15, 0.2) is 56.6 Å². The second kappa shape index (κ2) is 10.6. The molecule has 4 rings (SSSR count). The third-order valence-electron chi connectivity index (χ3n) is 6.47. The average molecular weight is 437 g/mol. The van der Waals surface area contributed by atoms with Crippen LogP contribution in [0.25, 0.3) is 0 Å². The van der Waals surface area contributed by atoms with E-state index in [9.17, 15) is 14.7 Å². The van der Waals surface area contributed by atoms with Crippen molar-refractivity contribution in [3.63, 3.8) is 0 Å². The van der Waals surface area contributed by atoms with Crippen molar-refractivity contribution in [1.29, 1.82) is 0 Å². The van der Waals surface area contributed by atoms with E-state index in [1.807, 2.05) is 6.07 Å². The van der Waals surface area contributed by atoms with Crippen molar-refractivity contribution >= 4 is 6.21 Å². The van der Waals surface area contributed by atoms with E-state index in [1.165, 1.54) is 34.8 Å². The first-order chi connectivity index (χ1) is 15.6. The Morgan fingerprint density at radius 3 is 2.62 bits per heavy atom. The Bertz CT molecular complexity index is 1080. The molecule has 0 amide bonds. The van der Waals surface area contributed by atoms with E-state index < -0.39 is 11.2 Å². The fourth-order valence-electron chi connectivity index (χ4n) is 4.53. The fraction of sp³-hybridized carbons (Fsp3) is 0.480. The summed E-state index contributed by atoms with van der Waals surface area (Å²) in [5, 5.41) is 10.6. The SMILES string of the molecule is O=c1[nH]c(=O)n(CCC2=CCCCC2)c(O)c1C=NC1CCN(Cc2ccccc2)CC1. The van der Waals surface area contributed by atoms with Crippen molar-refractivity contribution in [3.05, 3.63) is 73.9 Å². The summed E-state index contributed by atoms with van der Waals surface area (Å²) < 4.78 is 1.25. The lowest BCUT2D eigenvalue weighted by molar-refractivity contribution is 0.206. The molecule has 2 N–H and O–H groups in total. The molecule has 7 heteroatoms. The van der Waals surface area contributed by atoms with Crippen LogP contribution in [0.2, 0.25) is 0 Å². The molecular formula is C25H32N4O3. The molecule has 1 aromatic heterocycles. The van der Waals surface area contributed by atoms with Gasteiger partial charge in [-0.2, -0.15) is 0 Å². The second-order valence-electron chi connectivity index (χ2n) is 8.78. The van der Waals surface area contributed by atoms with Gasteiger partial charge < -0.3 is 5.11 Å². The van der Waals surface area contributed by atoms with Gasteiger partial charge >= 0.3 is 5.69 Å². The molecule has 170 valence electrons. The number of nitrogens with zero attached hydrogens (tertiary/aromatic N) is 3. The highest BCUT2D eigenvalue weighted by molar-refractivity contribution is 5.82. The number of aromatic amines is 1. The van der Waals surface area contributed by atoms with Gasteiger partial charge in [-0.25, -0.2) is 4.79 Å². The van der Waals surface area contributed by atoms with Crippen molar-refractivity contribution in [2.24, 2.45) is 4.99 Å². The molecule has 0 spiro atoms. The van der Waals surface area contributed by atoms with Crippen LogP contribution in [-0.2, 0) is 13.1 Å². The van der Waals surface area contributed by atoms with E-state index in [1.54, 1.807) is 0 Å². The van der Waals surface area contributed by atoms with Gasteiger partial charge in [-0.1, -0.05) is 42.0 Å². The number of allylic oxidation sites excluding steroid dienone is 2. The van der Waals surface area contributed by atoms with Gasteiger partial charge in [-0.15, -0.1) is 0 Å². The summed E-state index contributed by atoms with van der Waals surface area (Å²) in [5.74, 6) is -0.291. The molecule has 0 radical (unpaired) electrons. The summed E-state index contributed by atoms with van der Waals surface area (Å²) >= 11 is 0. The molecule has 0 bridgehead atoms. The zero-order chi connectivity index (χ0) is 22.3. The monoisotopic (exact) mass is 436 g/mol. The third kappa shape index (κ3) is 5.65. The van der Waals surface area contributed by atoms with E-state index in [4.69, 9.17) is 0 Å². The van der Waals surface area contributed by atoms with Crippen molar-refractivity contribution in [3.8, 4) is 5.88 Å².